The third kappa shape index (κ3) is 6.18. The van der Waals surface area contributed by atoms with Crippen LogP contribution in [0.2, 0.25) is 0 Å². The third-order valence-corrected chi connectivity index (χ3v) is 6.28. The second-order valence-electron chi connectivity index (χ2n) is 9.82. The first-order chi connectivity index (χ1) is 18.2. The zero-order valence-corrected chi connectivity index (χ0v) is 22.1. The summed E-state index contributed by atoms with van der Waals surface area (Å²) in [5, 5.41) is 2.92. The average molecular weight is 520 g/mol. The number of methoxy groups -OCH3 is 2. The number of hydrogen-bond acceptors (Lipinski definition) is 7. The number of anilines is 1. The van der Waals surface area contributed by atoms with Gasteiger partial charge in [-0.25, -0.2) is 0 Å². The Hall–Kier alpha value is -4.24. The molecule has 3 aromatic carbocycles. The van der Waals surface area contributed by atoms with E-state index < -0.39 is 0 Å². The van der Waals surface area contributed by atoms with Gasteiger partial charge >= 0.3 is 0 Å². The first kappa shape index (κ1) is 26.8. The molecule has 38 heavy (non-hydrogen) atoms. The predicted molar refractivity (Wildman–Crippen MR) is 144 cm³/mol. The molecule has 1 aliphatic heterocycles. The Morgan fingerprint density at radius 1 is 0.947 bits per heavy atom. The number of hydrogen-bond donors (Lipinski definition) is 2. The maximum Gasteiger partial charge on any atom is 0.255 e. The minimum Gasteiger partial charge on any atom is -0.493 e. The van der Waals surface area contributed by atoms with Crippen molar-refractivity contribution in [2.75, 3.05) is 39.4 Å². The fraction of sp³-hybridized carbons (Fsp3) is 0.310. The zero-order chi connectivity index (χ0) is 27.3. The summed E-state index contributed by atoms with van der Waals surface area (Å²) in [5.41, 5.74) is 8.09. The van der Waals surface area contributed by atoms with Crippen LogP contribution >= 0.6 is 0 Å². The van der Waals surface area contributed by atoms with Crippen molar-refractivity contribution in [3.63, 3.8) is 0 Å². The van der Waals surface area contributed by atoms with E-state index in [9.17, 15) is 9.59 Å². The van der Waals surface area contributed by atoms with E-state index in [0.717, 1.165) is 5.56 Å². The molecule has 0 fully saturated rings. The molecule has 1 aliphatic rings. The van der Waals surface area contributed by atoms with Crippen LogP contribution in [-0.2, 0) is 6.54 Å². The predicted octanol–water partition coefficient (Wildman–Crippen LogP) is 4.31. The van der Waals surface area contributed by atoms with Crippen molar-refractivity contribution < 1.29 is 28.5 Å². The molecule has 0 bridgehead atoms. The van der Waals surface area contributed by atoms with Crippen molar-refractivity contribution >= 4 is 17.5 Å². The van der Waals surface area contributed by atoms with Crippen LogP contribution in [0.15, 0.2) is 60.7 Å². The number of carbonyl (C=O) groups is 2. The number of carbonyl (C=O) groups excluding carboxylic acids is 2. The molecule has 0 saturated carbocycles. The average Bonchev–Trinajstić information content (AvgIpc) is 3.40. The maximum absolute atomic E-state index is 13.6. The quantitative estimate of drug-likeness (QED) is 0.410. The molecular weight excluding hydrogens is 486 g/mol. The highest BCUT2D eigenvalue weighted by Gasteiger charge is 2.26. The molecule has 9 nitrogen and oxygen atoms in total. The molecule has 4 rings (SSSR count). The lowest BCUT2D eigenvalue weighted by atomic mass is 9.92. The highest BCUT2D eigenvalue weighted by Crippen LogP contribution is 2.33. The first-order valence-electron chi connectivity index (χ1n) is 12.2. The van der Waals surface area contributed by atoms with Crippen LogP contribution in [0.4, 0.5) is 5.69 Å². The number of amides is 2. The highest BCUT2D eigenvalue weighted by molar-refractivity contribution is 6.04. The standard InChI is InChI=1S/C29H33N3O6/c1-29(2,16-30)17-32(28(34)21-9-10-23(35-3)25(14-21)36-4)15-19-6-5-7-22(12-19)31-27(33)20-8-11-24-26(13-20)38-18-37-24/h5-14H,15-18,30H2,1-4H3,(H,31,33). The minimum atomic E-state index is -0.308. The second-order valence-corrected chi connectivity index (χ2v) is 9.82. The van der Waals surface area contributed by atoms with Crippen LogP contribution in [-0.4, -0.2) is 50.8 Å². The molecule has 0 radical (unpaired) electrons. The van der Waals surface area contributed by atoms with Gasteiger partial charge in [0.15, 0.2) is 23.0 Å². The van der Waals surface area contributed by atoms with Crippen LogP contribution in [0, 0.1) is 5.41 Å². The number of nitrogens with one attached hydrogen (secondary N) is 1. The molecule has 0 aromatic heterocycles. The van der Waals surface area contributed by atoms with Gasteiger partial charge in [0.2, 0.25) is 6.79 Å². The van der Waals surface area contributed by atoms with Gasteiger partial charge in [-0.3, -0.25) is 9.59 Å². The van der Waals surface area contributed by atoms with Crippen LogP contribution in [0.5, 0.6) is 23.0 Å². The van der Waals surface area contributed by atoms with E-state index in [-0.39, 0.29) is 24.0 Å². The van der Waals surface area contributed by atoms with Crippen molar-refractivity contribution in [1.82, 2.24) is 4.90 Å². The Morgan fingerprint density at radius 3 is 2.42 bits per heavy atom. The molecule has 0 aliphatic carbocycles. The van der Waals surface area contributed by atoms with E-state index in [2.05, 4.69) is 5.32 Å². The van der Waals surface area contributed by atoms with Crippen molar-refractivity contribution in [3.8, 4) is 23.0 Å². The van der Waals surface area contributed by atoms with Gasteiger partial charge in [-0.1, -0.05) is 26.0 Å². The lowest BCUT2D eigenvalue weighted by molar-refractivity contribution is 0.0672. The molecular formula is C29H33N3O6. The van der Waals surface area contributed by atoms with Crippen LogP contribution in [0.1, 0.15) is 40.1 Å². The van der Waals surface area contributed by atoms with E-state index in [1.807, 2.05) is 32.0 Å². The molecule has 2 amide bonds. The molecule has 0 spiro atoms. The van der Waals surface area contributed by atoms with Gasteiger partial charge in [-0.2, -0.15) is 0 Å². The van der Waals surface area contributed by atoms with Gasteiger partial charge in [0.1, 0.15) is 0 Å². The van der Waals surface area contributed by atoms with Gasteiger partial charge in [0, 0.05) is 29.9 Å². The topological polar surface area (TPSA) is 112 Å². The van der Waals surface area contributed by atoms with E-state index >= 15 is 0 Å². The summed E-state index contributed by atoms with van der Waals surface area (Å²) in [4.78, 5) is 28.3. The maximum atomic E-state index is 13.6. The lowest BCUT2D eigenvalue weighted by Crippen LogP contribution is -2.41. The molecule has 0 unspecified atom stereocenters. The Labute approximate surface area is 222 Å². The highest BCUT2D eigenvalue weighted by atomic mass is 16.7. The fourth-order valence-electron chi connectivity index (χ4n) is 4.14. The summed E-state index contributed by atoms with van der Waals surface area (Å²) in [6, 6.07) is 17.6. The molecule has 1 heterocycles. The van der Waals surface area contributed by atoms with Crippen molar-refractivity contribution in [1.29, 1.82) is 0 Å². The molecule has 0 saturated heterocycles. The minimum absolute atomic E-state index is 0.141. The SMILES string of the molecule is COc1ccc(C(=O)N(Cc2cccc(NC(=O)c3ccc4c(c3)OCO4)c2)CC(C)(C)CN)cc1OC. The van der Waals surface area contributed by atoms with E-state index in [1.54, 1.807) is 54.5 Å². The van der Waals surface area contributed by atoms with E-state index in [4.69, 9.17) is 24.7 Å². The number of fused-ring (bicyclic) bond motifs is 1. The summed E-state index contributed by atoms with van der Waals surface area (Å²) in [7, 11) is 3.08. The monoisotopic (exact) mass is 519 g/mol. The Bertz CT molecular complexity index is 1320. The molecule has 0 atom stereocenters. The van der Waals surface area contributed by atoms with Gasteiger partial charge in [0.25, 0.3) is 11.8 Å². The van der Waals surface area contributed by atoms with Gasteiger partial charge in [-0.05, 0) is 66.1 Å². The van der Waals surface area contributed by atoms with Crippen molar-refractivity contribution in [2.45, 2.75) is 20.4 Å². The first-order valence-corrected chi connectivity index (χ1v) is 12.2. The normalized spacial score (nSPS) is 12.1. The fourth-order valence-corrected chi connectivity index (χ4v) is 4.14. The van der Waals surface area contributed by atoms with Crippen molar-refractivity contribution in [2.24, 2.45) is 11.1 Å². The summed E-state index contributed by atoms with van der Waals surface area (Å²) < 4.78 is 21.4. The Kier molecular flexibility index (Phi) is 8.07. The van der Waals surface area contributed by atoms with E-state index in [1.165, 1.54) is 7.11 Å². The second kappa shape index (κ2) is 11.4. The number of benzene rings is 3. The van der Waals surface area contributed by atoms with Crippen molar-refractivity contribution in [3.05, 3.63) is 77.4 Å². The number of rotatable bonds is 10. The molecule has 200 valence electrons. The number of ether oxygens (including phenoxy) is 4. The van der Waals surface area contributed by atoms with E-state index in [0.29, 0.717) is 59.4 Å². The smallest absolute Gasteiger partial charge is 0.255 e. The molecule has 3 aromatic rings. The summed E-state index contributed by atoms with van der Waals surface area (Å²) in [6.45, 7) is 5.35. The van der Waals surface area contributed by atoms with Crippen LogP contribution in [0.25, 0.3) is 0 Å². The molecule has 9 heteroatoms. The molecule has 3 N–H and O–H groups in total. The number of nitrogens with zero attached hydrogens (tertiary/aromatic N) is 1. The third-order valence-electron chi connectivity index (χ3n) is 6.28. The summed E-state index contributed by atoms with van der Waals surface area (Å²) in [6.07, 6.45) is 0. The largest absolute Gasteiger partial charge is 0.493 e. The lowest BCUT2D eigenvalue weighted by Gasteiger charge is -2.32. The van der Waals surface area contributed by atoms with Gasteiger partial charge in [0.05, 0.1) is 14.2 Å². The summed E-state index contributed by atoms with van der Waals surface area (Å²) in [5.74, 6) is 1.74. The van der Waals surface area contributed by atoms with Gasteiger partial charge < -0.3 is 34.9 Å². The Balaban J connectivity index is 1.54. The summed E-state index contributed by atoms with van der Waals surface area (Å²) >= 11 is 0. The number of nitrogens with two attached hydrogens (primary N) is 1. The van der Waals surface area contributed by atoms with Crippen LogP contribution in [0.3, 0.4) is 0 Å². The Morgan fingerprint density at radius 2 is 1.68 bits per heavy atom. The zero-order valence-electron chi connectivity index (χ0n) is 22.1. The van der Waals surface area contributed by atoms with Gasteiger partial charge in [-0.15, -0.1) is 0 Å². The van der Waals surface area contributed by atoms with Crippen LogP contribution < -0.4 is 30.0 Å².